The number of nitrogens with zero attached hydrogens (tertiary/aromatic N) is 1. The van der Waals surface area contributed by atoms with E-state index >= 15 is 0 Å². The van der Waals surface area contributed by atoms with Gasteiger partial charge in [-0.3, -0.25) is 0 Å². The second-order valence-corrected chi connectivity index (χ2v) is 4.64. The molecule has 0 saturated carbocycles. The van der Waals surface area contributed by atoms with Crippen molar-refractivity contribution in [1.82, 2.24) is 0 Å². The van der Waals surface area contributed by atoms with E-state index < -0.39 is 0 Å². The lowest BCUT2D eigenvalue weighted by Crippen LogP contribution is -1.77. The third-order valence-corrected chi connectivity index (χ3v) is 4.05. The smallest absolute Gasteiger partial charge is 0.0998 e. The number of thiophene rings is 1. The van der Waals surface area contributed by atoms with Crippen LogP contribution in [0.15, 0.2) is 22.0 Å². The Labute approximate surface area is 92.7 Å². The Bertz CT molecular complexity index is 512. The van der Waals surface area contributed by atoms with E-state index in [0.717, 1.165) is 14.6 Å². The lowest BCUT2D eigenvalue weighted by molar-refractivity contribution is 1.50. The van der Waals surface area contributed by atoms with Gasteiger partial charge in [0.15, 0.2) is 0 Å². The molecule has 4 heteroatoms. The predicted octanol–water partition coefficient (Wildman–Crippen LogP) is 4.19. The first-order chi connectivity index (χ1) is 6.24. The van der Waals surface area contributed by atoms with Crippen LogP contribution in [0.25, 0.3) is 10.1 Å². The molecule has 0 spiro atoms. The Morgan fingerprint density at radius 2 is 2.31 bits per heavy atom. The molecular formula is C9H3BrClNS. The van der Waals surface area contributed by atoms with Gasteiger partial charge in [0.05, 0.1) is 21.4 Å². The van der Waals surface area contributed by atoms with Gasteiger partial charge in [0.2, 0.25) is 0 Å². The molecule has 1 aromatic heterocycles. The van der Waals surface area contributed by atoms with E-state index in [1.807, 2.05) is 11.4 Å². The maximum atomic E-state index is 8.86. The maximum absolute atomic E-state index is 8.86. The van der Waals surface area contributed by atoms with Crippen molar-refractivity contribution in [3.63, 3.8) is 0 Å². The zero-order valence-corrected chi connectivity index (χ0v) is 9.50. The molecule has 0 aliphatic carbocycles. The van der Waals surface area contributed by atoms with Crippen molar-refractivity contribution < 1.29 is 0 Å². The van der Waals surface area contributed by atoms with Crippen LogP contribution in [0.2, 0.25) is 5.02 Å². The number of halogens is 2. The molecule has 2 aromatic rings. The first-order valence-corrected chi connectivity index (χ1v) is 5.54. The van der Waals surface area contributed by atoms with Crippen LogP contribution in [0.4, 0.5) is 0 Å². The van der Waals surface area contributed by atoms with Crippen LogP contribution < -0.4 is 0 Å². The van der Waals surface area contributed by atoms with Crippen molar-refractivity contribution in [2.24, 2.45) is 0 Å². The highest BCUT2D eigenvalue weighted by molar-refractivity contribution is 9.10. The molecule has 0 aliphatic rings. The summed E-state index contributed by atoms with van der Waals surface area (Å²) in [4.78, 5) is 0. The second kappa shape index (κ2) is 3.30. The van der Waals surface area contributed by atoms with Crippen molar-refractivity contribution >= 4 is 49.0 Å². The van der Waals surface area contributed by atoms with E-state index in [4.69, 9.17) is 16.9 Å². The highest BCUT2D eigenvalue weighted by atomic mass is 79.9. The summed E-state index contributed by atoms with van der Waals surface area (Å²) >= 11 is 10.9. The molecular weight excluding hydrogens is 270 g/mol. The van der Waals surface area contributed by atoms with E-state index in [-0.39, 0.29) is 0 Å². The van der Waals surface area contributed by atoms with Crippen molar-refractivity contribution in [3.05, 3.63) is 32.6 Å². The van der Waals surface area contributed by atoms with Crippen LogP contribution in [0.5, 0.6) is 0 Å². The summed E-state index contributed by atoms with van der Waals surface area (Å²) in [5, 5.41) is 12.4. The van der Waals surface area contributed by atoms with Crippen molar-refractivity contribution in [2.75, 3.05) is 0 Å². The molecule has 13 heavy (non-hydrogen) atoms. The van der Waals surface area contributed by atoms with Crippen molar-refractivity contribution in [1.29, 1.82) is 5.26 Å². The van der Waals surface area contributed by atoms with Gasteiger partial charge in [-0.2, -0.15) is 5.26 Å². The number of rotatable bonds is 0. The van der Waals surface area contributed by atoms with Gasteiger partial charge in [-0.05, 0) is 33.4 Å². The summed E-state index contributed by atoms with van der Waals surface area (Å²) in [6.45, 7) is 0. The average Bonchev–Trinajstić information content (AvgIpc) is 2.60. The maximum Gasteiger partial charge on any atom is 0.0998 e. The summed E-state index contributed by atoms with van der Waals surface area (Å²) in [5.41, 5.74) is 0.660. The average molecular weight is 273 g/mol. The van der Waals surface area contributed by atoms with E-state index in [9.17, 15) is 0 Å². The van der Waals surface area contributed by atoms with Gasteiger partial charge < -0.3 is 0 Å². The fourth-order valence-electron chi connectivity index (χ4n) is 1.16. The van der Waals surface area contributed by atoms with E-state index in [0.29, 0.717) is 10.6 Å². The third-order valence-electron chi connectivity index (χ3n) is 1.76. The quantitative estimate of drug-likeness (QED) is 0.705. The summed E-state index contributed by atoms with van der Waals surface area (Å²) in [7, 11) is 0. The lowest BCUT2D eigenvalue weighted by atomic mass is 10.1. The molecule has 2 rings (SSSR count). The minimum atomic E-state index is 0.660. The Kier molecular flexibility index (Phi) is 2.29. The molecule has 1 aromatic carbocycles. The molecule has 0 fully saturated rings. The minimum Gasteiger partial charge on any atom is -0.192 e. The fourth-order valence-corrected chi connectivity index (χ4v) is 2.87. The van der Waals surface area contributed by atoms with Crippen molar-refractivity contribution in [2.45, 2.75) is 0 Å². The molecule has 1 heterocycles. The zero-order valence-electron chi connectivity index (χ0n) is 6.34. The highest BCUT2D eigenvalue weighted by Crippen LogP contribution is 2.36. The van der Waals surface area contributed by atoms with Gasteiger partial charge in [-0.1, -0.05) is 11.6 Å². The SMILES string of the molecule is N#Cc1cc(Br)c(Cl)c2sccc12. The lowest BCUT2D eigenvalue weighted by Gasteiger charge is -1.99. The standard InChI is InChI=1S/C9H3BrClNS/c10-7-3-5(4-12)6-1-2-13-9(6)8(7)11/h1-3H. The first kappa shape index (κ1) is 9.01. The van der Waals surface area contributed by atoms with E-state index in [1.54, 1.807) is 17.4 Å². The normalized spacial score (nSPS) is 10.2. The van der Waals surface area contributed by atoms with Crippen molar-refractivity contribution in [3.8, 4) is 6.07 Å². The van der Waals surface area contributed by atoms with Crippen LogP contribution in [0.1, 0.15) is 5.56 Å². The Hall–Kier alpha value is -0.560. The van der Waals surface area contributed by atoms with Gasteiger partial charge in [0.1, 0.15) is 0 Å². The van der Waals surface area contributed by atoms with E-state index in [1.165, 1.54) is 0 Å². The van der Waals surface area contributed by atoms with Crippen LogP contribution in [-0.2, 0) is 0 Å². The number of fused-ring (bicyclic) bond motifs is 1. The van der Waals surface area contributed by atoms with E-state index in [2.05, 4.69) is 22.0 Å². The highest BCUT2D eigenvalue weighted by Gasteiger charge is 2.09. The molecule has 0 saturated heterocycles. The number of nitriles is 1. The molecule has 0 atom stereocenters. The molecule has 0 radical (unpaired) electrons. The van der Waals surface area contributed by atoms with Gasteiger partial charge >= 0.3 is 0 Å². The summed E-state index contributed by atoms with van der Waals surface area (Å²) in [5.74, 6) is 0. The number of benzene rings is 1. The third kappa shape index (κ3) is 1.35. The fraction of sp³-hybridized carbons (Fsp3) is 0. The Balaban J connectivity index is 2.97. The largest absolute Gasteiger partial charge is 0.192 e. The summed E-state index contributed by atoms with van der Waals surface area (Å²) in [6.07, 6.45) is 0. The number of hydrogen-bond acceptors (Lipinski definition) is 2. The predicted molar refractivity (Wildman–Crippen MR) is 59.3 cm³/mol. The van der Waals surface area contributed by atoms with Crippen LogP contribution in [0.3, 0.4) is 0 Å². The number of hydrogen-bond donors (Lipinski definition) is 0. The molecule has 0 N–H and O–H groups in total. The minimum absolute atomic E-state index is 0.660. The Morgan fingerprint density at radius 1 is 1.54 bits per heavy atom. The Morgan fingerprint density at radius 3 is 3.00 bits per heavy atom. The molecule has 0 unspecified atom stereocenters. The topological polar surface area (TPSA) is 23.8 Å². The summed E-state index contributed by atoms with van der Waals surface area (Å²) < 4.78 is 1.74. The van der Waals surface area contributed by atoms with Crippen LogP contribution >= 0.6 is 38.9 Å². The molecule has 1 nitrogen and oxygen atoms in total. The summed E-state index contributed by atoms with van der Waals surface area (Å²) in [6, 6.07) is 5.80. The molecule has 0 amide bonds. The second-order valence-electron chi connectivity index (χ2n) is 2.50. The van der Waals surface area contributed by atoms with Crippen LogP contribution in [0, 0.1) is 11.3 Å². The first-order valence-electron chi connectivity index (χ1n) is 3.49. The van der Waals surface area contributed by atoms with Gasteiger partial charge in [0, 0.05) is 9.86 Å². The zero-order chi connectivity index (χ0) is 9.42. The van der Waals surface area contributed by atoms with Crippen LogP contribution in [-0.4, -0.2) is 0 Å². The molecule has 64 valence electrons. The monoisotopic (exact) mass is 271 g/mol. The van der Waals surface area contributed by atoms with Gasteiger partial charge in [-0.15, -0.1) is 11.3 Å². The van der Waals surface area contributed by atoms with Gasteiger partial charge in [-0.25, -0.2) is 0 Å². The molecule has 0 bridgehead atoms. The van der Waals surface area contributed by atoms with Gasteiger partial charge in [0.25, 0.3) is 0 Å². The molecule has 0 aliphatic heterocycles.